The van der Waals surface area contributed by atoms with Crippen molar-refractivity contribution in [2.75, 3.05) is 40.4 Å². The predicted molar refractivity (Wildman–Crippen MR) is 92.2 cm³/mol. The van der Waals surface area contributed by atoms with Gasteiger partial charge in [-0.15, -0.1) is 0 Å². The Bertz CT molecular complexity index is 687. The Morgan fingerprint density at radius 2 is 1.83 bits per heavy atom. The van der Waals surface area contributed by atoms with Gasteiger partial charge in [0.1, 0.15) is 17.3 Å². The monoisotopic (exact) mass is 330 g/mol. The summed E-state index contributed by atoms with van der Waals surface area (Å²) in [5.74, 6) is 1.24. The van der Waals surface area contributed by atoms with Crippen molar-refractivity contribution >= 4 is 0 Å². The Hall–Kier alpha value is -2.11. The van der Waals surface area contributed by atoms with Crippen molar-refractivity contribution in [1.82, 2.24) is 10.2 Å². The van der Waals surface area contributed by atoms with Crippen LogP contribution in [0.3, 0.4) is 0 Å². The summed E-state index contributed by atoms with van der Waals surface area (Å²) in [5, 5.41) is 3.36. The lowest BCUT2D eigenvalue weighted by molar-refractivity contribution is 0.195. The maximum atomic E-state index is 14.0. The summed E-state index contributed by atoms with van der Waals surface area (Å²) >= 11 is 0. The van der Waals surface area contributed by atoms with E-state index in [1.807, 2.05) is 18.2 Å². The number of nitrogens with zero attached hydrogens (tertiary/aromatic N) is 1. The Kier molecular flexibility index (Phi) is 5.33. The molecule has 0 radical (unpaired) electrons. The maximum Gasteiger partial charge on any atom is 0.124 e. The fourth-order valence-electron chi connectivity index (χ4n) is 3.26. The van der Waals surface area contributed by atoms with Gasteiger partial charge in [0.25, 0.3) is 0 Å². The molecule has 2 aromatic carbocycles. The molecular weight excluding hydrogens is 307 g/mol. The van der Waals surface area contributed by atoms with Crippen LogP contribution in [0, 0.1) is 5.82 Å². The normalized spacial score (nSPS) is 16.6. The van der Waals surface area contributed by atoms with E-state index in [9.17, 15) is 4.39 Å². The highest BCUT2D eigenvalue weighted by atomic mass is 19.1. The summed E-state index contributed by atoms with van der Waals surface area (Å²) in [4.78, 5) is 2.35. The van der Waals surface area contributed by atoms with Gasteiger partial charge in [-0.1, -0.05) is 12.1 Å². The molecule has 4 nitrogen and oxygen atoms in total. The van der Waals surface area contributed by atoms with Crippen molar-refractivity contribution in [3.8, 4) is 11.5 Å². The third-order valence-corrected chi connectivity index (χ3v) is 4.41. The second-order valence-electron chi connectivity index (χ2n) is 5.85. The Labute approximate surface area is 142 Å². The van der Waals surface area contributed by atoms with E-state index < -0.39 is 0 Å². The van der Waals surface area contributed by atoms with Gasteiger partial charge in [-0.3, -0.25) is 4.90 Å². The van der Waals surface area contributed by atoms with Crippen molar-refractivity contribution in [3.05, 3.63) is 59.4 Å². The summed E-state index contributed by atoms with van der Waals surface area (Å²) in [7, 11) is 3.28. The Morgan fingerprint density at radius 3 is 2.54 bits per heavy atom. The molecule has 1 aliphatic rings. The third-order valence-electron chi connectivity index (χ3n) is 4.41. The van der Waals surface area contributed by atoms with Gasteiger partial charge in [-0.05, 0) is 35.9 Å². The minimum atomic E-state index is -0.256. The molecule has 24 heavy (non-hydrogen) atoms. The molecule has 3 rings (SSSR count). The molecule has 1 unspecified atom stereocenters. The predicted octanol–water partition coefficient (Wildman–Crippen LogP) is 2.84. The summed E-state index contributed by atoms with van der Waals surface area (Å²) < 4.78 is 24.8. The number of rotatable bonds is 5. The van der Waals surface area contributed by atoms with Crippen LogP contribution in [0.4, 0.5) is 4.39 Å². The van der Waals surface area contributed by atoms with Crippen LogP contribution in [0.1, 0.15) is 17.2 Å². The number of halogens is 1. The molecular formula is C19H23FN2O2. The summed E-state index contributed by atoms with van der Waals surface area (Å²) in [6.45, 7) is 3.61. The van der Waals surface area contributed by atoms with E-state index in [0.717, 1.165) is 43.1 Å². The molecule has 1 saturated heterocycles. The van der Waals surface area contributed by atoms with Crippen LogP contribution in [0.25, 0.3) is 0 Å². The molecule has 1 fully saturated rings. The van der Waals surface area contributed by atoms with Crippen molar-refractivity contribution in [3.63, 3.8) is 0 Å². The standard InChI is InChI=1S/C19H23FN2O2/c1-23-16-5-3-4-14(12-16)19(22-10-8-21-9-11-22)17-13-15(20)6-7-18(17)24-2/h3-7,12-13,19,21H,8-11H2,1-2H3. The van der Waals surface area contributed by atoms with Gasteiger partial charge in [0.05, 0.1) is 20.3 Å². The van der Waals surface area contributed by atoms with Crippen molar-refractivity contribution in [2.24, 2.45) is 0 Å². The zero-order valence-electron chi connectivity index (χ0n) is 14.1. The molecule has 128 valence electrons. The molecule has 1 heterocycles. The van der Waals surface area contributed by atoms with Gasteiger partial charge in [-0.2, -0.15) is 0 Å². The second-order valence-corrected chi connectivity index (χ2v) is 5.85. The van der Waals surface area contributed by atoms with E-state index in [2.05, 4.69) is 16.3 Å². The lowest BCUT2D eigenvalue weighted by Gasteiger charge is -2.36. The first-order valence-corrected chi connectivity index (χ1v) is 8.15. The molecule has 0 aliphatic carbocycles. The van der Waals surface area contributed by atoms with Gasteiger partial charge in [-0.25, -0.2) is 4.39 Å². The fourth-order valence-corrected chi connectivity index (χ4v) is 3.26. The minimum absolute atomic E-state index is 0.0761. The average molecular weight is 330 g/mol. The molecule has 0 aromatic heterocycles. The summed E-state index contributed by atoms with van der Waals surface area (Å²) in [6.07, 6.45) is 0. The van der Waals surface area contributed by atoms with Crippen molar-refractivity contribution < 1.29 is 13.9 Å². The molecule has 0 amide bonds. The molecule has 0 spiro atoms. The van der Waals surface area contributed by atoms with Gasteiger partial charge in [0, 0.05) is 31.7 Å². The van der Waals surface area contributed by atoms with Crippen molar-refractivity contribution in [1.29, 1.82) is 0 Å². The average Bonchev–Trinajstić information content (AvgIpc) is 2.63. The van der Waals surface area contributed by atoms with Crippen molar-refractivity contribution in [2.45, 2.75) is 6.04 Å². The first kappa shape index (κ1) is 16.7. The smallest absolute Gasteiger partial charge is 0.124 e. The maximum absolute atomic E-state index is 14.0. The SMILES string of the molecule is COc1cccc(C(c2cc(F)ccc2OC)N2CCNCC2)c1. The van der Waals surface area contributed by atoms with E-state index in [1.165, 1.54) is 6.07 Å². The zero-order chi connectivity index (χ0) is 16.9. The number of hydrogen-bond acceptors (Lipinski definition) is 4. The number of piperazine rings is 1. The third kappa shape index (κ3) is 3.52. The highest BCUT2D eigenvalue weighted by Gasteiger charge is 2.27. The van der Waals surface area contributed by atoms with Crippen LogP contribution in [-0.2, 0) is 0 Å². The van der Waals surface area contributed by atoms with Crippen LogP contribution in [0.2, 0.25) is 0 Å². The number of methoxy groups -OCH3 is 2. The van der Waals surface area contributed by atoms with E-state index in [0.29, 0.717) is 5.75 Å². The fraction of sp³-hybridized carbons (Fsp3) is 0.368. The molecule has 0 bridgehead atoms. The van der Waals surface area contributed by atoms with Crippen LogP contribution in [0.15, 0.2) is 42.5 Å². The van der Waals surface area contributed by atoms with E-state index in [4.69, 9.17) is 9.47 Å². The van der Waals surface area contributed by atoms with Gasteiger partial charge in [0.15, 0.2) is 0 Å². The Morgan fingerprint density at radius 1 is 1.04 bits per heavy atom. The number of hydrogen-bond donors (Lipinski definition) is 1. The largest absolute Gasteiger partial charge is 0.497 e. The molecule has 5 heteroatoms. The van der Waals surface area contributed by atoms with Crippen LogP contribution in [-0.4, -0.2) is 45.3 Å². The van der Waals surface area contributed by atoms with E-state index in [1.54, 1.807) is 26.4 Å². The van der Waals surface area contributed by atoms with Crippen LogP contribution < -0.4 is 14.8 Å². The van der Waals surface area contributed by atoms with Gasteiger partial charge in [0.2, 0.25) is 0 Å². The molecule has 1 atom stereocenters. The van der Waals surface area contributed by atoms with Gasteiger partial charge >= 0.3 is 0 Å². The highest BCUT2D eigenvalue weighted by molar-refractivity contribution is 5.44. The van der Waals surface area contributed by atoms with E-state index >= 15 is 0 Å². The first-order valence-electron chi connectivity index (χ1n) is 8.15. The topological polar surface area (TPSA) is 33.7 Å². The minimum Gasteiger partial charge on any atom is -0.497 e. The highest BCUT2D eigenvalue weighted by Crippen LogP contribution is 2.36. The number of nitrogens with one attached hydrogen (secondary N) is 1. The molecule has 1 N–H and O–H groups in total. The Balaban J connectivity index is 2.09. The summed E-state index contributed by atoms with van der Waals surface area (Å²) in [6, 6.07) is 12.6. The molecule has 1 aliphatic heterocycles. The summed E-state index contributed by atoms with van der Waals surface area (Å²) in [5.41, 5.74) is 1.91. The van der Waals surface area contributed by atoms with E-state index in [-0.39, 0.29) is 11.9 Å². The van der Waals surface area contributed by atoms with Gasteiger partial charge < -0.3 is 14.8 Å². The lowest BCUT2D eigenvalue weighted by Crippen LogP contribution is -2.45. The molecule has 2 aromatic rings. The van der Waals surface area contributed by atoms with Crippen LogP contribution in [0.5, 0.6) is 11.5 Å². The first-order chi connectivity index (χ1) is 11.7. The number of benzene rings is 2. The van der Waals surface area contributed by atoms with Crippen LogP contribution >= 0.6 is 0 Å². The zero-order valence-corrected chi connectivity index (χ0v) is 14.1. The lowest BCUT2D eigenvalue weighted by atomic mass is 9.95. The molecule has 0 saturated carbocycles. The quantitative estimate of drug-likeness (QED) is 0.914. The second kappa shape index (κ2) is 7.64. The number of ether oxygens (including phenoxy) is 2.